The Bertz CT molecular complexity index is 762. The van der Waals surface area contributed by atoms with Crippen molar-refractivity contribution in [2.45, 2.75) is 18.1 Å². The first-order chi connectivity index (χ1) is 9.19. The van der Waals surface area contributed by atoms with E-state index in [1.165, 1.54) is 0 Å². The van der Waals surface area contributed by atoms with Gasteiger partial charge in [0.1, 0.15) is 10.6 Å². The summed E-state index contributed by atoms with van der Waals surface area (Å²) in [6.07, 6.45) is -1.62. The largest absolute Gasteiger partial charge is 1.00 e. The van der Waals surface area contributed by atoms with Gasteiger partial charge in [-0.1, -0.05) is 15.8 Å². The Morgan fingerprint density at radius 1 is 1.09 bits per heavy atom. The molecular weight excluding hydrogens is 385 g/mol. The minimum Gasteiger partial charge on any atom is -0.449 e. The summed E-state index contributed by atoms with van der Waals surface area (Å²) in [5.74, 6) is -1.04. The molecular formula is C8H7BF5KO5S2. The third-order valence-corrected chi connectivity index (χ3v) is 3.62. The van der Waals surface area contributed by atoms with E-state index in [2.05, 4.69) is 4.18 Å². The van der Waals surface area contributed by atoms with Crippen LogP contribution in [0.2, 0.25) is 0 Å². The number of benzene rings is 1. The zero-order valence-electron chi connectivity index (χ0n) is 11.2. The van der Waals surface area contributed by atoms with Gasteiger partial charge in [0.2, 0.25) is 0 Å². The Morgan fingerprint density at radius 2 is 1.59 bits per heavy atom. The molecule has 0 heterocycles. The van der Waals surface area contributed by atoms with Crippen LogP contribution in [-0.4, -0.2) is 23.8 Å². The van der Waals surface area contributed by atoms with Crippen LogP contribution in [0.5, 0.6) is 5.75 Å². The van der Waals surface area contributed by atoms with Crippen molar-refractivity contribution in [1.82, 2.24) is 0 Å². The van der Waals surface area contributed by atoms with E-state index in [1.54, 1.807) is 0 Å². The predicted octanol–water partition coefficient (Wildman–Crippen LogP) is -0.821. The minimum atomic E-state index is -5.62. The topological polar surface area (TPSA) is 77.5 Å². The van der Waals surface area contributed by atoms with Gasteiger partial charge in [-0.15, -0.1) is 3.89 Å². The van der Waals surface area contributed by atoms with E-state index in [0.29, 0.717) is 12.1 Å². The van der Waals surface area contributed by atoms with Crippen molar-refractivity contribution in [3.8, 4) is 5.75 Å². The summed E-state index contributed by atoms with van der Waals surface area (Å²) in [5.41, 5.74) is -1.44. The standard InChI is InChI=1S/C8H7BF5O5S2.K/c1-5-7(19-21(14,17)18)2-6(4-9(10,11)12)3-8(5)20(13,15)16;/h2-3H,4H2,1H3;/q-1;+1. The monoisotopic (exact) mass is 392 g/mol. The minimum absolute atomic E-state index is 0. The van der Waals surface area contributed by atoms with Crippen molar-refractivity contribution >= 4 is 27.7 Å². The average Bonchev–Trinajstić information content (AvgIpc) is 2.16. The van der Waals surface area contributed by atoms with Crippen LogP contribution in [-0.2, 0) is 27.0 Å². The molecule has 5 nitrogen and oxygen atoms in total. The van der Waals surface area contributed by atoms with Crippen LogP contribution in [0.25, 0.3) is 0 Å². The van der Waals surface area contributed by atoms with Gasteiger partial charge in [0.25, 0.3) is 0 Å². The Kier molecular flexibility index (Phi) is 7.53. The molecule has 0 saturated carbocycles. The fourth-order valence-electron chi connectivity index (χ4n) is 1.55. The maximum Gasteiger partial charge on any atom is 1.00 e. The van der Waals surface area contributed by atoms with Gasteiger partial charge in [-0.3, -0.25) is 0 Å². The Morgan fingerprint density at radius 3 is 1.95 bits per heavy atom. The summed E-state index contributed by atoms with van der Waals surface area (Å²) in [6, 6.07) is 0.869. The summed E-state index contributed by atoms with van der Waals surface area (Å²) < 4.78 is 109. The molecule has 1 aromatic carbocycles. The SMILES string of the molecule is Cc1c(OS(=O)(=O)F)cc(C[B-](F)(F)F)cc1S(=O)(=O)F.[K+]. The third-order valence-electron chi connectivity index (χ3n) is 2.29. The molecule has 0 atom stereocenters. The quantitative estimate of drug-likeness (QED) is 0.372. The number of halogens is 5. The Balaban J connectivity index is 0.00000441. The van der Waals surface area contributed by atoms with Gasteiger partial charge >= 0.3 is 79.1 Å². The molecule has 0 spiro atoms. The summed E-state index contributed by atoms with van der Waals surface area (Å²) in [5, 5.41) is 0. The molecule has 0 aliphatic carbocycles. The molecule has 0 unspecified atom stereocenters. The normalized spacial score (nSPS) is 12.6. The first-order valence-corrected chi connectivity index (χ1v) is 7.81. The summed E-state index contributed by atoms with van der Waals surface area (Å²) >= 11 is 0. The number of hydrogen-bond acceptors (Lipinski definition) is 5. The molecule has 1 rings (SSSR count). The molecule has 22 heavy (non-hydrogen) atoms. The molecule has 0 aliphatic heterocycles. The van der Waals surface area contributed by atoms with Crippen LogP contribution in [0.4, 0.5) is 20.7 Å². The molecule has 0 aliphatic rings. The van der Waals surface area contributed by atoms with Gasteiger partial charge in [0.15, 0.2) is 0 Å². The second-order valence-electron chi connectivity index (χ2n) is 4.05. The molecule has 1 aromatic rings. The van der Waals surface area contributed by atoms with Crippen molar-refractivity contribution in [3.05, 3.63) is 23.3 Å². The zero-order valence-corrected chi connectivity index (χ0v) is 15.9. The molecule has 120 valence electrons. The molecule has 0 bridgehead atoms. The average molecular weight is 392 g/mol. The van der Waals surface area contributed by atoms with Crippen molar-refractivity contribution in [2.75, 3.05) is 0 Å². The molecule has 0 amide bonds. The van der Waals surface area contributed by atoms with Crippen LogP contribution in [0.1, 0.15) is 11.1 Å². The molecule has 0 aromatic heterocycles. The fraction of sp³-hybridized carbons (Fsp3) is 0.250. The van der Waals surface area contributed by atoms with Crippen LogP contribution >= 0.6 is 0 Å². The second-order valence-corrected chi connectivity index (χ2v) is 6.31. The van der Waals surface area contributed by atoms with E-state index in [9.17, 15) is 37.6 Å². The maximum atomic E-state index is 13.0. The molecule has 0 fully saturated rings. The molecule has 0 saturated heterocycles. The van der Waals surface area contributed by atoms with Crippen LogP contribution in [0, 0.1) is 6.92 Å². The third kappa shape index (κ3) is 7.23. The summed E-state index contributed by atoms with van der Waals surface area (Å²) in [4.78, 5) is -1.22. The van der Waals surface area contributed by atoms with Gasteiger partial charge in [-0.25, -0.2) is 0 Å². The van der Waals surface area contributed by atoms with E-state index in [4.69, 9.17) is 0 Å². The summed E-state index contributed by atoms with van der Waals surface area (Å²) in [7, 11) is -11.1. The van der Waals surface area contributed by atoms with Crippen molar-refractivity contribution in [1.29, 1.82) is 0 Å². The van der Waals surface area contributed by atoms with Gasteiger partial charge < -0.3 is 17.1 Å². The van der Waals surface area contributed by atoms with E-state index in [-0.39, 0.29) is 51.4 Å². The van der Waals surface area contributed by atoms with Gasteiger partial charge in [0.05, 0.1) is 0 Å². The predicted molar refractivity (Wildman–Crippen MR) is 62.9 cm³/mol. The zero-order chi connectivity index (χ0) is 16.6. The van der Waals surface area contributed by atoms with E-state index < -0.39 is 55.8 Å². The van der Waals surface area contributed by atoms with Crippen LogP contribution in [0.3, 0.4) is 0 Å². The Hall–Kier alpha value is 0.271. The van der Waals surface area contributed by atoms with Crippen molar-refractivity contribution in [3.63, 3.8) is 0 Å². The van der Waals surface area contributed by atoms with Crippen LogP contribution in [0.15, 0.2) is 17.0 Å². The number of hydrogen-bond donors (Lipinski definition) is 0. The fourth-order valence-corrected chi connectivity index (χ4v) is 2.69. The number of rotatable bonds is 5. The van der Waals surface area contributed by atoms with Crippen molar-refractivity contribution in [2.24, 2.45) is 0 Å². The first kappa shape index (κ1) is 22.3. The maximum absolute atomic E-state index is 13.0. The van der Waals surface area contributed by atoms with Crippen molar-refractivity contribution < 1.29 is 93.1 Å². The smallest absolute Gasteiger partial charge is 0.449 e. The van der Waals surface area contributed by atoms with Crippen LogP contribution < -0.4 is 55.6 Å². The summed E-state index contributed by atoms with van der Waals surface area (Å²) in [6.45, 7) is -4.56. The second kappa shape index (κ2) is 7.44. The van der Waals surface area contributed by atoms with E-state index in [0.717, 1.165) is 6.92 Å². The molecule has 0 radical (unpaired) electrons. The van der Waals surface area contributed by atoms with E-state index >= 15 is 0 Å². The first-order valence-electron chi connectivity index (χ1n) is 5.12. The van der Waals surface area contributed by atoms with Gasteiger partial charge in [-0.05, 0) is 19.1 Å². The molecule has 0 N–H and O–H groups in total. The molecule has 14 heteroatoms. The van der Waals surface area contributed by atoms with E-state index in [1.807, 2.05) is 0 Å². The Labute approximate surface area is 166 Å². The van der Waals surface area contributed by atoms with Gasteiger partial charge in [0, 0.05) is 5.56 Å². The van der Waals surface area contributed by atoms with Gasteiger partial charge in [-0.2, -0.15) is 16.8 Å².